The zero-order chi connectivity index (χ0) is 14.4. The van der Waals surface area contributed by atoms with Crippen molar-refractivity contribution in [3.8, 4) is 0 Å². The van der Waals surface area contributed by atoms with Crippen molar-refractivity contribution < 1.29 is 9.53 Å². The summed E-state index contributed by atoms with van der Waals surface area (Å²) in [5.41, 5.74) is 2.54. The van der Waals surface area contributed by atoms with Crippen LogP contribution in [0.5, 0.6) is 0 Å². The molecule has 20 heavy (non-hydrogen) atoms. The highest BCUT2D eigenvalue weighted by atomic mass is 16.5. The number of rotatable bonds is 2. The molecule has 104 valence electrons. The Balaban J connectivity index is 2.40. The molecule has 3 aromatic rings. The molecular weight excluding hydrogens is 254 g/mol. The number of nitrogens with zero attached hydrogens (tertiary/aromatic N) is 3. The van der Waals surface area contributed by atoms with Gasteiger partial charge in [0.05, 0.1) is 6.61 Å². The molecule has 0 radical (unpaired) electrons. The maximum absolute atomic E-state index is 12.2. The number of hydrogen-bond donors (Lipinski definition) is 0. The Hall–Kier alpha value is -2.30. The molecule has 0 amide bonds. The molecule has 0 aliphatic heterocycles. The van der Waals surface area contributed by atoms with Gasteiger partial charge >= 0.3 is 5.97 Å². The molecule has 5 nitrogen and oxygen atoms in total. The van der Waals surface area contributed by atoms with E-state index in [1.54, 1.807) is 4.68 Å². The van der Waals surface area contributed by atoms with Crippen molar-refractivity contribution in [2.24, 2.45) is 14.1 Å². The van der Waals surface area contributed by atoms with Gasteiger partial charge in [-0.15, -0.1) is 0 Å². The highest BCUT2D eigenvalue weighted by molar-refractivity contribution is 6.14. The van der Waals surface area contributed by atoms with Gasteiger partial charge in [-0.1, -0.05) is 12.1 Å². The molecule has 2 aromatic heterocycles. The normalized spacial score (nSPS) is 11.4. The number of esters is 1. The summed E-state index contributed by atoms with van der Waals surface area (Å²) in [4.78, 5) is 12.2. The van der Waals surface area contributed by atoms with E-state index in [1.165, 1.54) is 0 Å². The minimum atomic E-state index is -0.289. The average molecular weight is 271 g/mol. The van der Waals surface area contributed by atoms with Crippen LogP contribution in [-0.2, 0) is 18.8 Å². The number of carbonyl (C=O) groups excluding carboxylic acids is 1. The summed E-state index contributed by atoms with van der Waals surface area (Å²) < 4.78 is 8.84. The van der Waals surface area contributed by atoms with Gasteiger partial charge in [-0.05, 0) is 13.8 Å². The second-order valence-electron chi connectivity index (χ2n) is 4.94. The molecule has 2 heterocycles. The maximum Gasteiger partial charge on any atom is 0.355 e. The zero-order valence-corrected chi connectivity index (χ0v) is 12.1. The van der Waals surface area contributed by atoms with Crippen LogP contribution in [0.2, 0.25) is 0 Å². The Morgan fingerprint density at radius 1 is 1.35 bits per heavy atom. The highest BCUT2D eigenvalue weighted by Crippen LogP contribution is 2.31. The monoisotopic (exact) mass is 271 g/mol. The van der Waals surface area contributed by atoms with Gasteiger partial charge in [-0.3, -0.25) is 4.68 Å². The van der Waals surface area contributed by atoms with Crippen LogP contribution in [0.4, 0.5) is 0 Å². The summed E-state index contributed by atoms with van der Waals surface area (Å²) in [5.74, 6) is -0.289. The van der Waals surface area contributed by atoms with Crippen LogP contribution in [0.1, 0.15) is 23.1 Å². The first-order chi connectivity index (χ1) is 9.54. The fraction of sp³-hybridized carbons (Fsp3) is 0.333. The third-order valence-electron chi connectivity index (χ3n) is 3.72. The van der Waals surface area contributed by atoms with Crippen LogP contribution < -0.4 is 0 Å². The molecule has 0 saturated heterocycles. The third-order valence-corrected chi connectivity index (χ3v) is 3.72. The number of hydrogen-bond acceptors (Lipinski definition) is 3. The molecule has 1 aromatic carbocycles. The smallest absolute Gasteiger partial charge is 0.355 e. The van der Waals surface area contributed by atoms with Crippen LogP contribution in [0.3, 0.4) is 0 Å². The first-order valence-corrected chi connectivity index (χ1v) is 6.63. The van der Waals surface area contributed by atoms with Gasteiger partial charge < -0.3 is 9.30 Å². The summed E-state index contributed by atoms with van der Waals surface area (Å²) in [6, 6.07) is 3.96. The second kappa shape index (κ2) is 4.37. The van der Waals surface area contributed by atoms with Crippen molar-refractivity contribution >= 4 is 27.6 Å². The molecular formula is C15H17N3O2. The predicted molar refractivity (Wildman–Crippen MR) is 77.9 cm³/mol. The summed E-state index contributed by atoms with van der Waals surface area (Å²) in [7, 11) is 3.78. The lowest BCUT2D eigenvalue weighted by Crippen LogP contribution is -2.10. The van der Waals surface area contributed by atoms with Gasteiger partial charge in [-0.2, -0.15) is 5.10 Å². The average Bonchev–Trinajstić information content (AvgIpc) is 2.88. The summed E-state index contributed by atoms with van der Waals surface area (Å²) in [6.45, 7) is 4.18. The number of fused-ring (bicyclic) bond motifs is 3. The van der Waals surface area contributed by atoms with Gasteiger partial charge in [0.15, 0.2) is 0 Å². The van der Waals surface area contributed by atoms with Gasteiger partial charge in [0.25, 0.3) is 0 Å². The highest BCUT2D eigenvalue weighted by Gasteiger charge is 2.21. The standard InChI is InChI=1S/C15H17N3O2/c1-5-20-15(19)14-11-7-6-10-8-17(3)16-13(10)12(11)9(2)18(14)4/h6-8H,5H2,1-4H3. The lowest BCUT2D eigenvalue weighted by Gasteiger charge is -2.04. The van der Waals surface area contributed by atoms with E-state index in [0.717, 1.165) is 27.4 Å². The van der Waals surface area contributed by atoms with Crippen molar-refractivity contribution in [2.75, 3.05) is 6.61 Å². The molecule has 0 bridgehead atoms. The van der Waals surface area contributed by atoms with Crippen LogP contribution >= 0.6 is 0 Å². The summed E-state index contributed by atoms with van der Waals surface area (Å²) in [5, 5.41) is 7.51. The Bertz CT molecular complexity index is 827. The van der Waals surface area contributed by atoms with Gasteiger partial charge in [0.1, 0.15) is 11.2 Å². The Morgan fingerprint density at radius 2 is 2.10 bits per heavy atom. The van der Waals surface area contributed by atoms with E-state index in [0.29, 0.717) is 12.3 Å². The lowest BCUT2D eigenvalue weighted by atomic mass is 10.1. The molecule has 3 rings (SSSR count). The fourth-order valence-electron chi connectivity index (χ4n) is 2.73. The number of carbonyl (C=O) groups is 1. The molecule has 0 aliphatic rings. The second-order valence-corrected chi connectivity index (χ2v) is 4.94. The van der Waals surface area contributed by atoms with Gasteiger partial charge in [-0.25, -0.2) is 4.79 Å². The molecule has 0 N–H and O–H groups in total. The minimum Gasteiger partial charge on any atom is -0.461 e. The topological polar surface area (TPSA) is 49.1 Å². The van der Waals surface area contributed by atoms with Crippen molar-refractivity contribution in [2.45, 2.75) is 13.8 Å². The van der Waals surface area contributed by atoms with E-state index in [9.17, 15) is 4.79 Å². The van der Waals surface area contributed by atoms with E-state index in [1.807, 2.05) is 50.8 Å². The van der Waals surface area contributed by atoms with Gasteiger partial charge in [0, 0.05) is 42.1 Å². The van der Waals surface area contributed by atoms with Crippen molar-refractivity contribution in [1.29, 1.82) is 0 Å². The summed E-state index contributed by atoms with van der Waals surface area (Å²) in [6.07, 6.45) is 1.98. The molecule has 0 aliphatic carbocycles. The first-order valence-electron chi connectivity index (χ1n) is 6.63. The first kappa shape index (κ1) is 12.7. The Kier molecular flexibility index (Phi) is 2.78. The van der Waals surface area contributed by atoms with E-state index in [4.69, 9.17) is 4.74 Å². The van der Waals surface area contributed by atoms with Crippen LogP contribution in [0, 0.1) is 6.92 Å². The van der Waals surface area contributed by atoms with E-state index in [-0.39, 0.29) is 5.97 Å². The molecule has 0 saturated carbocycles. The van der Waals surface area contributed by atoms with Gasteiger partial charge in [0.2, 0.25) is 0 Å². The molecule has 0 atom stereocenters. The van der Waals surface area contributed by atoms with Crippen LogP contribution in [0.15, 0.2) is 18.3 Å². The molecule has 0 spiro atoms. The number of benzene rings is 1. The predicted octanol–water partition coefficient (Wildman–Crippen LogP) is 2.55. The Labute approximate surface area is 116 Å². The third kappa shape index (κ3) is 1.62. The number of aryl methyl sites for hydroxylation is 2. The maximum atomic E-state index is 12.2. The van der Waals surface area contributed by atoms with Crippen molar-refractivity contribution in [3.63, 3.8) is 0 Å². The van der Waals surface area contributed by atoms with Crippen molar-refractivity contribution in [1.82, 2.24) is 14.3 Å². The zero-order valence-electron chi connectivity index (χ0n) is 12.1. The van der Waals surface area contributed by atoms with E-state index in [2.05, 4.69) is 5.10 Å². The molecule has 0 fully saturated rings. The molecule has 0 unspecified atom stereocenters. The Morgan fingerprint density at radius 3 is 2.80 bits per heavy atom. The minimum absolute atomic E-state index is 0.289. The number of ether oxygens (including phenoxy) is 1. The number of aromatic nitrogens is 3. The van der Waals surface area contributed by atoms with E-state index >= 15 is 0 Å². The lowest BCUT2D eigenvalue weighted by molar-refractivity contribution is 0.0517. The van der Waals surface area contributed by atoms with Crippen molar-refractivity contribution in [3.05, 3.63) is 29.7 Å². The van der Waals surface area contributed by atoms with Crippen LogP contribution in [0.25, 0.3) is 21.7 Å². The van der Waals surface area contributed by atoms with Crippen LogP contribution in [-0.4, -0.2) is 26.9 Å². The van der Waals surface area contributed by atoms with E-state index < -0.39 is 0 Å². The fourth-order valence-corrected chi connectivity index (χ4v) is 2.73. The quantitative estimate of drug-likeness (QED) is 0.673. The molecule has 5 heteroatoms. The SMILES string of the molecule is CCOC(=O)c1c2ccc3cn(C)nc3c2c(C)n1C. The largest absolute Gasteiger partial charge is 0.461 e. The summed E-state index contributed by atoms with van der Waals surface area (Å²) >= 11 is 0.